The van der Waals surface area contributed by atoms with Gasteiger partial charge in [-0.2, -0.15) is 0 Å². The maximum Gasteiger partial charge on any atom is 0.165 e. The van der Waals surface area contributed by atoms with Crippen LogP contribution in [0.25, 0.3) is 5.82 Å². The second kappa shape index (κ2) is 7.45. The van der Waals surface area contributed by atoms with Crippen LogP contribution in [0.15, 0.2) is 35.6 Å². The summed E-state index contributed by atoms with van der Waals surface area (Å²) in [6.45, 7) is -0.191. The molecule has 4 rings (SSSR count). The molecule has 2 aromatic rings. The first-order chi connectivity index (χ1) is 13.5. The van der Waals surface area contributed by atoms with Gasteiger partial charge >= 0.3 is 0 Å². The van der Waals surface area contributed by atoms with E-state index >= 15 is 0 Å². The number of halogens is 1. The number of benzene rings is 1. The summed E-state index contributed by atoms with van der Waals surface area (Å²) in [6, 6.07) is 5.89. The molecule has 1 aromatic heterocycles. The quantitative estimate of drug-likeness (QED) is 0.444. The molecule has 0 amide bonds. The van der Waals surface area contributed by atoms with Crippen molar-refractivity contribution in [3.8, 4) is 0 Å². The van der Waals surface area contributed by atoms with Gasteiger partial charge in [0.25, 0.3) is 0 Å². The Morgan fingerprint density at radius 3 is 2.68 bits per heavy atom. The van der Waals surface area contributed by atoms with Crippen molar-refractivity contribution >= 4 is 5.82 Å². The summed E-state index contributed by atoms with van der Waals surface area (Å²) in [5.74, 6) is -0.111. The molecule has 5 N–H and O–H groups in total. The number of aromatic nitrogens is 2. The second-order valence-electron chi connectivity index (χ2n) is 6.52. The molecule has 0 unspecified atom stereocenters. The van der Waals surface area contributed by atoms with E-state index in [0.29, 0.717) is 10.8 Å². The number of hydroxylamine groups is 2. The lowest BCUT2D eigenvalue weighted by molar-refractivity contribution is -0.124. The minimum Gasteiger partial charge on any atom is -0.394 e. The molecule has 0 bridgehead atoms. The van der Waals surface area contributed by atoms with Crippen molar-refractivity contribution < 1.29 is 29.3 Å². The van der Waals surface area contributed by atoms with Gasteiger partial charge in [-0.25, -0.2) is 19.4 Å². The average Bonchev–Trinajstić information content (AvgIpc) is 3.24. The van der Waals surface area contributed by atoms with Crippen molar-refractivity contribution in [1.29, 1.82) is 0 Å². The Balaban J connectivity index is 1.55. The third kappa shape index (κ3) is 3.23. The lowest BCUT2D eigenvalue weighted by atomic mass is 10.1. The van der Waals surface area contributed by atoms with E-state index in [0.717, 1.165) is 5.56 Å². The van der Waals surface area contributed by atoms with Crippen LogP contribution in [-0.2, 0) is 16.2 Å². The molecule has 0 saturated carbocycles. The molecule has 2 aliphatic heterocycles. The minimum atomic E-state index is -1.25. The van der Waals surface area contributed by atoms with E-state index < -0.39 is 31.1 Å². The minimum absolute atomic E-state index is 0.0700. The first kappa shape index (κ1) is 18.8. The van der Waals surface area contributed by atoms with E-state index in [1.165, 1.54) is 28.1 Å². The molecule has 0 aliphatic carbocycles. The van der Waals surface area contributed by atoms with E-state index in [1.54, 1.807) is 12.1 Å². The molecule has 3 heterocycles. The Kier molecular flexibility index (Phi) is 5.00. The number of ether oxygens (including phenoxy) is 1. The number of aliphatic hydroxyl groups is 3. The monoisotopic (exact) mass is 393 g/mol. The molecular formula is C17H20FN5O5. The number of rotatable bonds is 5. The number of hydrogen-bond donors (Lipinski definition) is 4. The maximum absolute atomic E-state index is 13.0. The lowest BCUT2D eigenvalue weighted by Crippen LogP contribution is -2.47. The summed E-state index contributed by atoms with van der Waals surface area (Å²) < 4.78 is 20.0. The predicted octanol–water partition coefficient (Wildman–Crippen LogP) is -2.32. The van der Waals surface area contributed by atoms with Gasteiger partial charge in [-0.1, -0.05) is 12.1 Å². The van der Waals surface area contributed by atoms with Crippen molar-refractivity contribution in [2.45, 2.75) is 31.1 Å². The van der Waals surface area contributed by atoms with E-state index in [4.69, 9.17) is 15.3 Å². The molecular weight excluding hydrogens is 373 g/mol. The highest BCUT2D eigenvalue weighted by atomic mass is 19.1. The van der Waals surface area contributed by atoms with Crippen LogP contribution >= 0.6 is 0 Å². The van der Waals surface area contributed by atoms with Crippen LogP contribution in [0, 0.1) is 5.82 Å². The highest BCUT2D eigenvalue weighted by Gasteiger charge is 2.43. The van der Waals surface area contributed by atoms with Gasteiger partial charge in [0, 0.05) is 0 Å². The van der Waals surface area contributed by atoms with Crippen LogP contribution in [-0.4, -0.2) is 61.5 Å². The van der Waals surface area contributed by atoms with Gasteiger partial charge in [0.15, 0.2) is 17.5 Å². The predicted molar refractivity (Wildman–Crippen MR) is 91.5 cm³/mol. The van der Waals surface area contributed by atoms with Crippen molar-refractivity contribution in [2.75, 3.05) is 13.3 Å². The van der Waals surface area contributed by atoms with Crippen LogP contribution in [0.3, 0.4) is 0 Å². The second-order valence-corrected chi connectivity index (χ2v) is 6.52. The normalized spacial score (nSPS) is 27.0. The van der Waals surface area contributed by atoms with Crippen LogP contribution in [0.2, 0.25) is 0 Å². The zero-order chi connectivity index (χ0) is 19.8. The Hall–Kier alpha value is -2.57. The van der Waals surface area contributed by atoms with Crippen LogP contribution in [0.4, 0.5) is 4.39 Å². The summed E-state index contributed by atoms with van der Waals surface area (Å²) in [7, 11) is 0. The van der Waals surface area contributed by atoms with Gasteiger partial charge in [0.2, 0.25) is 0 Å². The molecule has 10 nitrogen and oxygen atoms in total. The molecule has 2 aliphatic rings. The van der Waals surface area contributed by atoms with Crippen LogP contribution in [0.5, 0.6) is 0 Å². The number of imidazole rings is 1. The van der Waals surface area contributed by atoms with Crippen LogP contribution in [0.1, 0.15) is 11.8 Å². The number of fused-ring (bicyclic) bond motifs is 1. The van der Waals surface area contributed by atoms with E-state index in [1.807, 2.05) is 0 Å². The summed E-state index contributed by atoms with van der Waals surface area (Å²) in [5, 5.41) is 31.1. The summed E-state index contributed by atoms with van der Waals surface area (Å²) >= 11 is 0. The van der Waals surface area contributed by atoms with Gasteiger partial charge in [0.05, 0.1) is 12.9 Å². The third-order valence-electron chi connectivity index (χ3n) is 4.72. The number of nitrogens with zero attached hydrogens (tertiary/aromatic N) is 4. The summed E-state index contributed by atoms with van der Waals surface area (Å²) in [6.07, 6.45) is -2.94. The van der Waals surface area contributed by atoms with Crippen molar-refractivity contribution in [3.63, 3.8) is 0 Å². The number of nitrogens with two attached hydrogens (primary N) is 1. The fourth-order valence-corrected chi connectivity index (χ4v) is 3.16. The van der Waals surface area contributed by atoms with E-state index in [-0.39, 0.29) is 24.9 Å². The van der Waals surface area contributed by atoms with Crippen molar-refractivity contribution in [2.24, 2.45) is 10.7 Å². The lowest BCUT2D eigenvalue weighted by Gasteiger charge is -2.24. The number of hydrogen-bond acceptors (Lipinski definition) is 9. The van der Waals surface area contributed by atoms with Gasteiger partial charge in [-0.15, -0.1) is 0 Å². The zero-order valence-corrected chi connectivity index (χ0v) is 14.7. The SMILES string of the molecule is NC1=c2ncn([C@@H]3O[C@H](CO)[C@@H](O)[C@H]3O)c2=NCN1OCc1ccc(F)cc1. The first-order valence-corrected chi connectivity index (χ1v) is 8.64. The van der Waals surface area contributed by atoms with Crippen molar-refractivity contribution in [3.05, 3.63) is 52.8 Å². The zero-order valence-electron chi connectivity index (χ0n) is 14.7. The van der Waals surface area contributed by atoms with Crippen molar-refractivity contribution in [1.82, 2.24) is 14.6 Å². The molecule has 1 aromatic carbocycles. The fourth-order valence-electron chi connectivity index (χ4n) is 3.16. The Bertz CT molecular complexity index is 965. The van der Waals surface area contributed by atoms with Crippen LogP contribution < -0.4 is 16.6 Å². The topological polar surface area (TPSA) is 139 Å². The van der Waals surface area contributed by atoms with E-state index in [2.05, 4.69) is 9.98 Å². The smallest absolute Gasteiger partial charge is 0.165 e. The molecule has 11 heteroatoms. The standard InChI is InChI=1S/C17H20FN5O5/c18-10-3-1-9(2-4-10)6-27-23-8-21-16-12(15(23)19)20-7-22(16)17-14(26)13(25)11(5-24)28-17/h1-4,7,11,13-14,17,24-26H,5-6,8,19H2/t11-,13-,14-,17-/m1/s1. The van der Waals surface area contributed by atoms with Gasteiger partial charge in [-0.3, -0.25) is 9.40 Å². The highest BCUT2D eigenvalue weighted by molar-refractivity contribution is 5.34. The molecule has 4 atom stereocenters. The fraction of sp³-hybridized carbons (Fsp3) is 0.412. The Labute approximate surface area is 158 Å². The summed E-state index contributed by atoms with van der Waals surface area (Å²) in [5.41, 5.74) is 7.27. The highest BCUT2D eigenvalue weighted by Crippen LogP contribution is 2.27. The molecule has 28 heavy (non-hydrogen) atoms. The molecule has 0 spiro atoms. The van der Waals surface area contributed by atoms with Gasteiger partial charge in [0.1, 0.15) is 42.8 Å². The molecule has 1 fully saturated rings. The first-order valence-electron chi connectivity index (χ1n) is 8.64. The number of aliphatic hydroxyl groups excluding tert-OH is 3. The maximum atomic E-state index is 13.0. The molecule has 0 radical (unpaired) electrons. The van der Waals surface area contributed by atoms with Gasteiger partial charge in [-0.05, 0) is 17.7 Å². The average molecular weight is 393 g/mol. The Morgan fingerprint density at radius 1 is 1.25 bits per heavy atom. The largest absolute Gasteiger partial charge is 0.394 e. The van der Waals surface area contributed by atoms with E-state index in [9.17, 15) is 19.7 Å². The molecule has 1 saturated heterocycles. The third-order valence-corrected chi connectivity index (χ3v) is 4.72. The Morgan fingerprint density at radius 2 is 2.00 bits per heavy atom. The van der Waals surface area contributed by atoms with Gasteiger partial charge < -0.3 is 25.8 Å². The molecule has 150 valence electrons. The summed E-state index contributed by atoms with van der Waals surface area (Å²) in [4.78, 5) is 14.2.